The number of aldehydes is 1. The second-order valence-corrected chi connectivity index (χ2v) is 3.31. The molecule has 1 saturated heterocycles. The maximum atomic E-state index is 10.6. The molecule has 2 atom stereocenters. The number of rotatable bonds is 3. The molecule has 2 unspecified atom stereocenters. The van der Waals surface area contributed by atoms with Gasteiger partial charge in [-0.1, -0.05) is 13.3 Å². The van der Waals surface area contributed by atoms with E-state index in [1.807, 2.05) is 0 Å². The van der Waals surface area contributed by atoms with Gasteiger partial charge in [0.15, 0.2) is 0 Å². The molecule has 1 rings (SSSR count). The van der Waals surface area contributed by atoms with E-state index >= 15 is 0 Å². The highest BCUT2D eigenvalue weighted by molar-refractivity contribution is 5.58. The third kappa shape index (κ3) is 2.29. The second-order valence-electron chi connectivity index (χ2n) is 3.31. The molecule has 0 radical (unpaired) electrons. The van der Waals surface area contributed by atoms with Crippen molar-refractivity contribution in [3.63, 3.8) is 0 Å². The Morgan fingerprint density at radius 1 is 1.64 bits per heavy atom. The lowest BCUT2D eigenvalue weighted by Crippen LogP contribution is -2.42. The van der Waals surface area contributed by atoms with E-state index in [4.69, 9.17) is 0 Å². The molecule has 2 nitrogen and oxygen atoms in total. The minimum absolute atomic E-state index is 0.142. The van der Waals surface area contributed by atoms with Crippen LogP contribution in [-0.4, -0.2) is 18.9 Å². The zero-order valence-corrected chi connectivity index (χ0v) is 7.18. The molecule has 0 spiro atoms. The van der Waals surface area contributed by atoms with Gasteiger partial charge in [0.2, 0.25) is 0 Å². The zero-order valence-electron chi connectivity index (χ0n) is 7.18. The number of hydrogen-bond donors (Lipinski definition) is 1. The summed E-state index contributed by atoms with van der Waals surface area (Å²) < 4.78 is 0. The lowest BCUT2D eigenvalue weighted by molar-refractivity contribution is -0.111. The highest BCUT2D eigenvalue weighted by Crippen LogP contribution is 2.19. The Balaban J connectivity index is 2.37. The van der Waals surface area contributed by atoms with Gasteiger partial charge in [0, 0.05) is 0 Å². The first-order valence-corrected chi connectivity index (χ1v) is 4.57. The summed E-state index contributed by atoms with van der Waals surface area (Å²) in [6.07, 6.45) is 5.91. The molecule has 0 aliphatic carbocycles. The molecule has 0 aromatic carbocycles. The molecular weight excluding hydrogens is 138 g/mol. The number of piperidine rings is 1. The van der Waals surface area contributed by atoms with E-state index in [1.54, 1.807) is 0 Å². The first-order valence-electron chi connectivity index (χ1n) is 4.57. The van der Waals surface area contributed by atoms with E-state index in [9.17, 15) is 4.79 Å². The Kier molecular flexibility index (Phi) is 3.57. The van der Waals surface area contributed by atoms with Crippen molar-refractivity contribution in [1.82, 2.24) is 5.32 Å². The van der Waals surface area contributed by atoms with Crippen LogP contribution in [0.15, 0.2) is 0 Å². The summed E-state index contributed by atoms with van der Waals surface area (Å²) in [5, 5.41) is 3.24. The van der Waals surface area contributed by atoms with Crippen molar-refractivity contribution < 1.29 is 4.79 Å². The van der Waals surface area contributed by atoms with Gasteiger partial charge in [-0.2, -0.15) is 0 Å². The molecule has 0 bridgehead atoms. The summed E-state index contributed by atoms with van der Waals surface area (Å²) in [5.41, 5.74) is 0. The standard InChI is InChI=1S/C9H17NO/c1-2-4-8-5-3-6-10-9(8)7-11/h7-10H,2-6H2,1H3. The molecule has 1 N–H and O–H groups in total. The average Bonchev–Trinajstić information content (AvgIpc) is 2.06. The van der Waals surface area contributed by atoms with Crippen LogP contribution in [0.5, 0.6) is 0 Å². The second kappa shape index (κ2) is 4.50. The predicted octanol–water partition coefficient (Wildman–Crippen LogP) is 1.35. The van der Waals surface area contributed by atoms with Crippen LogP contribution >= 0.6 is 0 Å². The van der Waals surface area contributed by atoms with E-state index in [1.165, 1.54) is 25.7 Å². The van der Waals surface area contributed by atoms with Crippen LogP contribution < -0.4 is 5.32 Å². The lowest BCUT2D eigenvalue weighted by Gasteiger charge is -2.28. The molecule has 1 fully saturated rings. The van der Waals surface area contributed by atoms with Crippen molar-refractivity contribution in [2.45, 2.75) is 38.6 Å². The van der Waals surface area contributed by atoms with E-state index in [2.05, 4.69) is 12.2 Å². The van der Waals surface area contributed by atoms with Crippen molar-refractivity contribution in [3.8, 4) is 0 Å². The average molecular weight is 155 g/mol. The first kappa shape index (κ1) is 8.72. The summed E-state index contributed by atoms with van der Waals surface area (Å²) >= 11 is 0. The summed E-state index contributed by atoms with van der Waals surface area (Å²) in [5.74, 6) is 0.603. The van der Waals surface area contributed by atoms with Gasteiger partial charge in [0.05, 0.1) is 6.04 Å². The fourth-order valence-corrected chi connectivity index (χ4v) is 1.83. The molecule has 1 aliphatic heterocycles. The maximum Gasteiger partial charge on any atom is 0.137 e. The Labute approximate surface area is 68.4 Å². The van der Waals surface area contributed by atoms with Crippen molar-refractivity contribution in [1.29, 1.82) is 0 Å². The van der Waals surface area contributed by atoms with Gasteiger partial charge in [-0.15, -0.1) is 0 Å². The Morgan fingerprint density at radius 3 is 3.09 bits per heavy atom. The van der Waals surface area contributed by atoms with Crippen LogP contribution in [0, 0.1) is 5.92 Å². The fraction of sp³-hybridized carbons (Fsp3) is 0.889. The first-order chi connectivity index (χ1) is 5.38. The number of nitrogens with one attached hydrogen (secondary N) is 1. The molecule has 2 heteroatoms. The largest absolute Gasteiger partial charge is 0.307 e. The lowest BCUT2D eigenvalue weighted by atomic mass is 9.88. The Bertz CT molecular complexity index is 123. The zero-order chi connectivity index (χ0) is 8.10. The molecule has 11 heavy (non-hydrogen) atoms. The van der Waals surface area contributed by atoms with E-state index in [0.29, 0.717) is 5.92 Å². The van der Waals surface area contributed by atoms with Gasteiger partial charge < -0.3 is 10.1 Å². The highest BCUT2D eigenvalue weighted by Gasteiger charge is 2.22. The van der Waals surface area contributed by atoms with Gasteiger partial charge in [-0.05, 0) is 31.7 Å². The van der Waals surface area contributed by atoms with Crippen LogP contribution in [0.25, 0.3) is 0 Å². The molecule has 0 amide bonds. The number of carbonyl (C=O) groups excluding carboxylic acids is 1. The molecule has 1 aliphatic rings. The maximum absolute atomic E-state index is 10.6. The Morgan fingerprint density at radius 2 is 2.45 bits per heavy atom. The van der Waals surface area contributed by atoms with Crippen LogP contribution in [0.2, 0.25) is 0 Å². The SMILES string of the molecule is CCCC1CCCNC1C=O. The van der Waals surface area contributed by atoms with Gasteiger partial charge in [0.25, 0.3) is 0 Å². The summed E-state index contributed by atoms with van der Waals surface area (Å²) in [6.45, 7) is 3.19. The highest BCUT2D eigenvalue weighted by atomic mass is 16.1. The molecular formula is C9H17NO. The molecule has 0 aromatic rings. The summed E-state index contributed by atoms with van der Waals surface area (Å²) in [6, 6.07) is 0.142. The van der Waals surface area contributed by atoms with Crippen LogP contribution in [0.1, 0.15) is 32.6 Å². The smallest absolute Gasteiger partial charge is 0.137 e. The Hall–Kier alpha value is -0.370. The van der Waals surface area contributed by atoms with Gasteiger partial charge >= 0.3 is 0 Å². The van der Waals surface area contributed by atoms with E-state index < -0.39 is 0 Å². The molecule has 1 heterocycles. The third-order valence-electron chi connectivity index (χ3n) is 2.45. The van der Waals surface area contributed by atoms with Crippen molar-refractivity contribution >= 4 is 6.29 Å². The van der Waals surface area contributed by atoms with Gasteiger partial charge in [-0.25, -0.2) is 0 Å². The van der Waals surface area contributed by atoms with Gasteiger partial charge in [0.1, 0.15) is 6.29 Å². The monoisotopic (exact) mass is 155 g/mol. The van der Waals surface area contributed by atoms with E-state index in [0.717, 1.165) is 12.8 Å². The van der Waals surface area contributed by atoms with Crippen LogP contribution in [0.3, 0.4) is 0 Å². The predicted molar refractivity (Wildman–Crippen MR) is 45.5 cm³/mol. The summed E-state index contributed by atoms with van der Waals surface area (Å²) in [7, 11) is 0. The van der Waals surface area contributed by atoms with Gasteiger partial charge in [-0.3, -0.25) is 0 Å². The normalized spacial score (nSPS) is 31.7. The van der Waals surface area contributed by atoms with Crippen LogP contribution in [0.4, 0.5) is 0 Å². The van der Waals surface area contributed by atoms with Crippen molar-refractivity contribution in [2.75, 3.05) is 6.54 Å². The quantitative estimate of drug-likeness (QED) is 0.623. The number of hydrogen-bond acceptors (Lipinski definition) is 2. The van der Waals surface area contributed by atoms with Crippen LogP contribution in [-0.2, 0) is 4.79 Å². The summed E-state index contributed by atoms with van der Waals surface area (Å²) in [4.78, 5) is 10.6. The number of carbonyl (C=O) groups is 1. The topological polar surface area (TPSA) is 29.1 Å². The minimum Gasteiger partial charge on any atom is -0.307 e. The molecule has 0 saturated carbocycles. The molecule has 64 valence electrons. The minimum atomic E-state index is 0.142. The third-order valence-corrected chi connectivity index (χ3v) is 2.45. The van der Waals surface area contributed by atoms with Crippen molar-refractivity contribution in [2.24, 2.45) is 5.92 Å². The van der Waals surface area contributed by atoms with Crippen molar-refractivity contribution in [3.05, 3.63) is 0 Å². The molecule has 0 aromatic heterocycles. The van der Waals surface area contributed by atoms with E-state index in [-0.39, 0.29) is 6.04 Å². The fourth-order valence-electron chi connectivity index (χ4n) is 1.83.